The molecular weight excluding hydrogens is 470 g/mol. The SMILES string of the molecule is COc1ccc(CCOc2cc(N/N=C\c3c[nH]c4ccccc34)nc(N3CCOCC3)c2)cc1OC. The van der Waals surface area contributed by atoms with Gasteiger partial charge >= 0.3 is 0 Å². The molecule has 0 bridgehead atoms. The van der Waals surface area contributed by atoms with Crippen molar-refractivity contribution in [3.05, 3.63) is 71.9 Å². The van der Waals surface area contributed by atoms with E-state index in [2.05, 4.69) is 26.5 Å². The van der Waals surface area contributed by atoms with Gasteiger partial charge in [-0.05, 0) is 23.8 Å². The Hall–Kier alpha value is -4.24. The predicted molar refractivity (Wildman–Crippen MR) is 146 cm³/mol. The topological polar surface area (TPSA) is 93.2 Å². The molecule has 0 aliphatic carbocycles. The van der Waals surface area contributed by atoms with Crippen LogP contribution in [0.4, 0.5) is 11.6 Å². The molecule has 0 saturated carbocycles. The number of rotatable bonds is 10. The van der Waals surface area contributed by atoms with Crippen molar-refractivity contribution in [1.29, 1.82) is 0 Å². The molecule has 192 valence electrons. The van der Waals surface area contributed by atoms with E-state index in [4.69, 9.17) is 23.9 Å². The molecule has 5 rings (SSSR count). The summed E-state index contributed by atoms with van der Waals surface area (Å²) in [5, 5.41) is 5.56. The number of benzene rings is 2. The minimum absolute atomic E-state index is 0.500. The Morgan fingerprint density at radius 2 is 1.89 bits per heavy atom. The van der Waals surface area contributed by atoms with Crippen LogP contribution in [0.5, 0.6) is 17.2 Å². The summed E-state index contributed by atoms with van der Waals surface area (Å²) in [5.41, 5.74) is 6.25. The minimum atomic E-state index is 0.500. The van der Waals surface area contributed by atoms with E-state index in [0.717, 1.165) is 53.1 Å². The molecular formula is C28H31N5O4. The number of anilines is 2. The lowest BCUT2D eigenvalue weighted by molar-refractivity contribution is 0.122. The van der Waals surface area contributed by atoms with Gasteiger partial charge in [0.05, 0.1) is 40.3 Å². The van der Waals surface area contributed by atoms with Gasteiger partial charge in [0.2, 0.25) is 0 Å². The maximum atomic E-state index is 6.16. The van der Waals surface area contributed by atoms with Crippen LogP contribution in [-0.4, -0.2) is 63.3 Å². The molecule has 2 N–H and O–H groups in total. The van der Waals surface area contributed by atoms with Crippen LogP contribution in [0.25, 0.3) is 10.9 Å². The molecule has 1 saturated heterocycles. The van der Waals surface area contributed by atoms with Crippen molar-refractivity contribution in [3.8, 4) is 17.2 Å². The number of ether oxygens (including phenoxy) is 4. The van der Waals surface area contributed by atoms with Crippen molar-refractivity contribution in [2.24, 2.45) is 5.10 Å². The van der Waals surface area contributed by atoms with E-state index in [1.807, 2.05) is 54.7 Å². The third-order valence-electron chi connectivity index (χ3n) is 6.23. The van der Waals surface area contributed by atoms with Gasteiger partial charge in [-0.3, -0.25) is 5.43 Å². The number of para-hydroxylation sites is 1. The summed E-state index contributed by atoms with van der Waals surface area (Å²) >= 11 is 0. The van der Waals surface area contributed by atoms with Gasteiger partial charge in [0.15, 0.2) is 17.3 Å². The number of morpholine rings is 1. The van der Waals surface area contributed by atoms with Gasteiger partial charge < -0.3 is 28.8 Å². The van der Waals surface area contributed by atoms with Crippen molar-refractivity contribution >= 4 is 28.8 Å². The van der Waals surface area contributed by atoms with Crippen molar-refractivity contribution < 1.29 is 18.9 Å². The molecule has 2 aromatic carbocycles. The highest BCUT2D eigenvalue weighted by Crippen LogP contribution is 2.28. The maximum Gasteiger partial charge on any atom is 0.160 e. The first-order chi connectivity index (χ1) is 18.2. The number of fused-ring (bicyclic) bond motifs is 1. The predicted octanol–water partition coefficient (Wildman–Crippen LogP) is 4.48. The third-order valence-corrected chi connectivity index (χ3v) is 6.23. The normalized spacial score (nSPS) is 13.7. The number of aromatic nitrogens is 2. The van der Waals surface area contributed by atoms with Crippen LogP contribution in [0.1, 0.15) is 11.1 Å². The van der Waals surface area contributed by atoms with Crippen LogP contribution in [0.15, 0.2) is 65.9 Å². The number of nitrogens with one attached hydrogen (secondary N) is 2. The van der Waals surface area contributed by atoms with E-state index >= 15 is 0 Å². The molecule has 9 heteroatoms. The van der Waals surface area contributed by atoms with E-state index in [1.165, 1.54) is 0 Å². The summed E-state index contributed by atoms with van der Waals surface area (Å²) in [6.07, 6.45) is 4.45. The number of H-pyrrole nitrogens is 1. The highest BCUT2D eigenvalue weighted by molar-refractivity contribution is 5.99. The van der Waals surface area contributed by atoms with E-state index in [1.54, 1.807) is 20.4 Å². The highest BCUT2D eigenvalue weighted by atomic mass is 16.5. The van der Waals surface area contributed by atoms with Gasteiger partial charge in [0.1, 0.15) is 11.6 Å². The Morgan fingerprint density at radius 3 is 2.73 bits per heavy atom. The second-order valence-electron chi connectivity index (χ2n) is 8.59. The van der Waals surface area contributed by atoms with Crippen molar-refractivity contribution in [2.75, 3.05) is 57.5 Å². The summed E-state index contributed by atoms with van der Waals surface area (Å²) in [6, 6.07) is 17.9. The number of hydrogen-bond donors (Lipinski definition) is 2. The molecule has 9 nitrogen and oxygen atoms in total. The standard InChI is InChI=1S/C28H31N5O4/c1-34-25-8-7-20(15-26(25)35-2)9-12-37-22-16-27(31-28(17-22)33-10-13-36-14-11-33)32-30-19-21-18-29-24-6-4-3-5-23(21)24/h3-8,15-19,29H,9-14H2,1-2H3,(H,31,32)/b30-19-. The van der Waals surface area contributed by atoms with Gasteiger partial charge in [-0.15, -0.1) is 0 Å². The Balaban J connectivity index is 1.30. The van der Waals surface area contributed by atoms with Crippen LogP contribution in [0.3, 0.4) is 0 Å². The van der Waals surface area contributed by atoms with Crippen molar-refractivity contribution in [1.82, 2.24) is 9.97 Å². The number of aromatic amines is 1. The smallest absolute Gasteiger partial charge is 0.160 e. The second kappa shape index (κ2) is 11.7. The number of pyridine rings is 1. The number of hydrogen-bond acceptors (Lipinski definition) is 8. The summed E-state index contributed by atoms with van der Waals surface area (Å²) in [6.45, 7) is 3.40. The first-order valence-corrected chi connectivity index (χ1v) is 12.3. The first kappa shape index (κ1) is 24.5. The summed E-state index contributed by atoms with van der Waals surface area (Å²) in [5.74, 6) is 3.58. The van der Waals surface area contributed by atoms with Crippen molar-refractivity contribution in [3.63, 3.8) is 0 Å². The molecule has 4 aromatic rings. The molecule has 1 aliphatic rings. The lowest BCUT2D eigenvalue weighted by atomic mass is 10.1. The second-order valence-corrected chi connectivity index (χ2v) is 8.59. The van der Waals surface area contributed by atoms with Gasteiger partial charge in [0, 0.05) is 54.3 Å². The molecule has 3 heterocycles. The largest absolute Gasteiger partial charge is 0.493 e. The summed E-state index contributed by atoms with van der Waals surface area (Å²) in [4.78, 5) is 10.2. The number of methoxy groups -OCH3 is 2. The third kappa shape index (κ3) is 5.95. The van der Waals surface area contributed by atoms with Crippen LogP contribution >= 0.6 is 0 Å². The van der Waals surface area contributed by atoms with Gasteiger partial charge in [-0.25, -0.2) is 4.98 Å². The quantitative estimate of drug-likeness (QED) is 0.244. The summed E-state index contributed by atoms with van der Waals surface area (Å²) in [7, 11) is 3.27. The number of nitrogens with zero attached hydrogens (tertiary/aromatic N) is 3. The monoisotopic (exact) mass is 501 g/mol. The maximum absolute atomic E-state index is 6.16. The minimum Gasteiger partial charge on any atom is -0.493 e. The lowest BCUT2D eigenvalue weighted by Gasteiger charge is -2.28. The van der Waals surface area contributed by atoms with E-state index < -0.39 is 0 Å². The van der Waals surface area contributed by atoms with Crippen LogP contribution in [-0.2, 0) is 11.2 Å². The fourth-order valence-electron chi connectivity index (χ4n) is 4.28. The Kier molecular flexibility index (Phi) is 7.71. The van der Waals surface area contributed by atoms with E-state index in [9.17, 15) is 0 Å². The molecule has 0 amide bonds. The van der Waals surface area contributed by atoms with Gasteiger partial charge in [-0.2, -0.15) is 5.10 Å². The molecule has 1 aliphatic heterocycles. The first-order valence-electron chi connectivity index (χ1n) is 12.3. The van der Waals surface area contributed by atoms with E-state index in [-0.39, 0.29) is 0 Å². The molecule has 0 atom stereocenters. The molecule has 2 aromatic heterocycles. The molecule has 1 fully saturated rings. The zero-order valence-corrected chi connectivity index (χ0v) is 21.1. The summed E-state index contributed by atoms with van der Waals surface area (Å²) < 4.78 is 22.4. The zero-order chi connectivity index (χ0) is 25.5. The zero-order valence-electron chi connectivity index (χ0n) is 21.1. The fourth-order valence-corrected chi connectivity index (χ4v) is 4.28. The molecule has 0 unspecified atom stereocenters. The van der Waals surface area contributed by atoms with Crippen LogP contribution in [0.2, 0.25) is 0 Å². The van der Waals surface area contributed by atoms with Gasteiger partial charge in [-0.1, -0.05) is 24.3 Å². The van der Waals surface area contributed by atoms with Gasteiger partial charge in [0.25, 0.3) is 0 Å². The lowest BCUT2D eigenvalue weighted by Crippen LogP contribution is -2.36. The van der Waals surface area contributed by atoms with Crippen LogP contribution < -0.4 is 24.5 Å². The Labute approximate surface area is 216 Å². The van der Waals surface area contributed by atoms with Crippen molar-refractivity contribution in [2.45, 2.75) is 6.42 Å². The fraction of sp³-hybridized carbons (Fsp3) is 0.286. The average Bonchev–Trinajstić information content (AvgIpc) is 3.36. The molecule has 0 spiro atoms. The molecule has 37 heavy (non-hydrogen) atoms. The number of hydrazone groups is 1. The molecule has 0 radical (unpaired) electrons. The van der Waals surface area contributed by atoms with Crippen LogP contribution in [0, 0.1) is 0 Å². The Bertz CT molecular complexity index is 1360. The highest BCUT2D eigenvalue weighted by Gasteiger charge is 2.15. The Morgan fingerprint density at radius 1 is 1.05 bits per heavy atom. The van der Waals surface area contributed by atoms with E-state index in [0.29, 0.717) is 37.1 Å². The average molecular weight is 502 g/mol.